The van der Waals surface area contributed by atoms with Gasteiger partial charge in [0.15, 0.2) is 0 Å². The van der Waals surface area contributed by atoms with Crippen molar-refractivity contribution < 1.29 is 37.8 Å². The highest BCUT2D eigenvalue weighted by Crippen LogP contribution is 2.36. The maximum Gasteiger partial charge on any atom is 0.407 e. The van der Waals surface area contributed by atoms with E-state index in [2.05, 4.69) is 16.0 Å². The van der Waals surface area contributed by atoms with Crippen molar-refractivity contribution in [1.82, 2.24) is 16.0 Å². The summed E-state index contributed by atoms with van der Waals surface area (Å²) in [5.41, 5.74) is -0.564. The first kappa shape index (κ1) is 35.7. The smallest absolute Gasteiger partial charge is 0.407 e. The average Bonchev–Trinajstić information content (AvgIpc) is 2.77. The molecule has 0 aliphatic rings. The van der Waals surface area contributed by atoms with E-state index in [0.29, 0.717) is 45.4 Å². The van der Waals surface area contributed by atoms with Gasteiger partial charge in [0.1, 0.15) is 11.6 Å². The fraction of sp³-hybridized carbons (Fsp3) is 0.875. The van der Waals surface area contributed by atoms with E-state index in [1.807, 2.05) is 0 Å². The number of ether oxygens (including phenoxy) is 2. The van der Waals surface area contributed by atoms with Crippen LogP contribution in [-0.2, 0) is 28.2 Å². The highest BCUT2D eigenvalue weighted by atomic mass is 32.2. The first-order valence-electron chi connectivity index (χ1n) is 12.9. The van der Waals surface area contributed by atoms with Crippen molar-refractivity contribution >= 4 is 37.3 Å². The van der Waals surface area contributed by atoms with Gasteiger partial charge in [0.05, 0.1) is 12.4 Å². The van der Waals surface area contributed by atoms with Crippen LogP contribution in [0.15, 0.2) is 0 Å². The van der Waals surface area contributed by atoms with E-state index in [-0.39, 0.29) is 24.2 Å². The van der Waals surface area contributed by atoms with Gasteiger partial charge in [-0.05, 0) is 65.0 Å². The van der Waals surface area contributed by atoms with Crippen molar-refractivity contribution in [2.75, 3.05) is 51.6 Å². The Morgan fingerprint density at radius 3 is 2.24 bits per heavy atom. The zero-order chi connectivity index (χ0) is 28.2. The lowest BCUT2D eigenvalue weighted by molar-refractivity contribution is -0.128. The van der Waals surface area contributed by atoms with Gasteiger partial charge in [-0.15, -0.1) is 0 Å². The lowest BCUT2D eigenvalue weighted by atomic mass is 10.1. The summed E-state index contributed by atoms with van der Waals surface area (Å²) in [6, 6.07) is -0.648. The molecular weight excluding hydrogens is 521 g/mol. The van der Waals surface area contributed by atoms with Crippen LogP contribution in [0.25, 0.3) is 0 Å². The number of hydrogen-bond acceptors (Lipinski definition) is 8. The lowest BCUT2D eigenvalue weighted by Gasteiger charge is -2.20. The predicted octanol–water partition coefficient (Wildman–Crippen LogP) is 3.44. The van der Waals surface area contributed by atoms with E-state index in [0.717, 1.165) is 38.1 Å². The second-order valence-electron chi connectivity index (χ2n) is 9.78. The zero-order valence-electron chi connectivity index (χ0n) is 23.1. The monoisotopic (exact) mass is 569 g/mol. The summed E-state index contributed by atoms with van der Waals surface area (Å²) in [6.45, 7) is 8.32. The van der Waals surface area contributed by atoms with E-state index < -0.39 is 25.3 Å². The minimum atomic E-state index is -3.43. The molecule has 0 aromatic rings. The molecule has 0 rings (SSSR count). The summed E-state index contributed by atoms with van der Waals surface area (Å²) in [5.74, 6) is 0.655. The van der Waals surface area contributed by atoms with E-state index in [1.54, 1.807) is 27.9 Å². The third-order valence-corrected chi connectivity index (χ3v) is 6.52. The van der Waals surface area contributed by atoms with Crippen LogP contribution in [0, 0.1) is 0 Å². The second kappa shape index (κ2) is 20.6. The van der Waals surface area contributed by atoms with Crippen molar-refractivity contribution in [2.45, 2.75) is 83.8 Å². The third-order valence-electron chi connectivity index (χ3n) is 4.81. The van der Waals surface area contributed by atoms with Gasteiger partial charge in [-0.2, -0.15) is 11.8 Å². The summed E-state index contributed by atoms with van der Waals surface area (Å²) in [4.78, 5) is 46.0. The maximum atomic E-state index is 12.8. The first-order chi connectivity index (χ1) is 17.3. The number of rotatable bonds is 21. The Labute approximate surface area is 226 Å². The van der Waals surface area contributed by atoms with E-state index in [4.69, 9.17) is 18.9 Å². The fourth-order valence-electron chi connectivity index (χ4n) is 3.10. The number of carbonyl (C=O) groups is 3. The number of thioether (sulfide) groups is 1. The Balaban J connectivity index is 4.43. The van der Waals surface area contributed by atoms with Crippen molar-refractivity contribution in [3.05, 3.63) is 0 Å². The minimum absolute atomic E-state index is 0.188. The van der Waals surface area contributed by atoms with Crippen LogP contribution in [0.3, 0.4) is 0 Å². The molecule has 0 bridgehead atoms. The van der Waals surface area contributed by atoms with Gasteiger partial charge in [-0.25, -0.2) is 4.79 Å². The molecule has 0 aliphatic carbocycles. The summed E-state index contributed by atoms with van der Waals surface area (Å²) >= 11 is 1.50. The second-order valence-corrected chi connectivity index (χ2v) is 12.8. The number of methoxy groups -OCH3 is 1. The van der Waals surface area contributed by atoms with Crippen LogP contribution in [0.5, 0.6) is 0 Å². The van der Waals surface area contributed by atoms with Crippen molar-refractivity contribution in [3.8, 4) is 0 Å². The Morgan fingerprint density at radius 2 is 1.59 bits per heavy atom. The van der Waals surface area contributed by atoms with Crippen LogP contribution in [0.1, 0.15) is 72.1 Å². The Bertz CT molecular complexity index is 700. The SMILES string of the molecule is COCCCSCC(=O)NC(CCCCNC(=O)OC(C)(C)C)C(=O)NCCCCCCOP(C)(=O)O. The molecule has 218 valence electrons. The van der Waals surface area contributed by atoms with Crippen LogP contribution >= 0.6 is 19.4 Å². The Kier molecular flexibility index (Phi) is 19.9. The van der Waals surface area contributed by atoms with Crippen LogP contribution in [0.4, 0.5) is 4.79 Å². The molecule has 0 spiro atoms. The molecule has 0 radical (unpaired) electrons. The topological polar surface area (TPSA) is 152 Å². The van der Waals surface area contributed by atoms with E-state index in [9.17, 15) is 18.9 Å². The molecule has 0 fully saturated rings. The fourth-order valence-corrected chi connectivity index (χ4v) is 4.31. The molecule has 0 aliphatic heterocycles. The summed E-state index contributed by atoms with van der Waals surface area (Å²) < 4.78 is 26.1. The van der Waals surface area contributed by atoms with Crippen LogP contribution < -0.4 is 16.0 Å². The van der Waals surface area contributed by atoms with Gasteiger partial charge in [-0.3, -0.25) is 14.2 Å². The molecule has 0 aromatic heterocycles. The largest absolute Gasteiger partial charge is 0.444 e. The number of carbonyl (C=O) groups excluding carboxylic acids is 3. The predicted molar refractivity (Wildman–Crippen MR) is 147 cm³/mol. The van der Waals surface area contributed by atoms with Gasteiger partial charge in [0.25, 0.3) is 0 Å². The first-order valence-corrected chi connectivity index (χ1v) is 16.1. The quantitative estimate of drug-likeness (QED) is 0.120. The third kappa shape index (κ3) is 24.7. The lowest BCUT2D eigenvalue weighted by Crippen LogP contribution is -2.47. The highest BCUT2D eigenvalue weighted by Gasteiger charge is 2.20. The molecule has 0 heterocycles. The number of alkyl carbamates (subject to hydrolysis) is 1. The van der Waals surface area contributed by atoms with Crippen molar-refractivity contribution in [2.24, 2.45) is 0 Å². The summed E-state index contributed by atoms with van der Waals surface area (Å²) in [6.07, 6.45) is 5.20. The maximum absolute atomic E-state index is 12.8. The number of amides is 3. The summed E-state index contributed by atoms with van der Waals surface area (Å²) in [5, 5.41) is 8.43. The molecule has 0 saturated carbocycles. The molecule has 13 heteroatoms. The van der Waals surface area contributed by atoms with Gasteiger partial charge >= 0.3 is 13.7 Å². The zero-order valence-corrected chi connectivity index (χ0v) is 24.8. The molecular formula is C24H48N3O8PS. The normalized spacial score (nSPS) is 13.9. The van der Waals surface area contributed by atoms with Crippen LogP contribution in [0.2, 0.25) is 0 Å². The molecule has 37 heavy (non-hydrogen) atoms. The number of unbranched alkanes of at least 4 members (excludes halogenated alkanes) is 4. The van der Waals surface area contributed by atoms with Gasteiger partial charge in [-0.1, -0.05) is 12.8 Å². The molecule has 0 saturated heterocycles. The average molecular weight is 570 g/mol. The molecule has 2 unspecified atom stereocenters. The van der Waals surface area contributed by atoms with Gasteiger partial charge in [0.2, 0.25) is 11.8 Å². The van der Waals surface area contributed by atoms with Crippen LogP contribution in [-0.4, -0.2) is 86.0 Å². The highest BCUT2D eigenvalue weighted by molar-refractivity contribution is 7.99. The van der Waals surface area contributed by atoms with Gasteiger partial charge in [0, 0.05) is 33.5 Å². The molecule has 4 N–H and O–H groups in total. The number of hydrogen-bond donors (Lipinski definition) is 4. The summed E-state index contributed by atoms with van der Waals surface area (Å²) in [7, 11) is -1.79. The number of nitrogens with one attached hydrogen (secondary N) is 3. The molecule has 2 atom stereocenters. The van der Waals surface area contributed by atoms with E-state index >= 15 is 0 Å². The Morgan fingerprint density at radius 1 is 0.946 bits per heavy atom. The van der Waals surface area contributed by atoms with E-state index in [1.165, 1.54) is 11.8 Å². The Hall–Kier alpha value is -1.33. The minimum Gasteiger partial charge on any atom is -0.444 e. The molecule has 3 amide bonds. The standard InChI is InChI=1S/C24H48N3O8PS/c1-24(2,3)35-23(30)26-15-10-8-13-20(27-21(28)19-37-18-12-16-33-4)22(29)25-14-9-6-7-11-17-34-36(5,31)32/h20H,6-19H2,1-5H3,(H,25,29)(H,26,30)(H,27,28)(H,31,32). The van der Waals surface area contributed by atoms with Gasteiger partial charge < -0.3 is 34.8 Å². The van der Waals surface area contributed by atoms with Crippen molar-refractivity contribution in [3.63, 3.8) is 0 Å². The molecule has 11 nitrogen and oxygen atoms in total. The van der Waals surface area contributed by atoms with Crippen molar-refractivity contribution in [1.29, 1.82) is 0 Å². The molecule has 0 aromatic carbocycles.